The van der Waals surface area contributed by atoms with Crippen molar-refractivity contribution in [2.75, 3.05) is 13.6 Å². The molecule has 0 fully saturated rings. The second kappa shape index (κ2) is 9.78. The van der Waals surface area contributed by atoms with Crippen LogP contribution in [0, 0.1) is 0 Å². The molecule has 0 radical (unpaired) electrons. The molecule has 5 nitrogen and oxygen atoms in total. The molecule has 0 amide bonds. The SMILES string of the molecule is CN=C(NCCc1ccc(Cl)cc1)NCc1ccc(Cn2ccnc2)cc1. The van der Waals surface area contributed by atoms with Crippen molar-refractivity contribution in [3.63, 3.8) is 0 Å². The maximum Gasteiger partial charge on any atom is 0.191 e. The summed E-state index contributed by atoms with van der Waals surface area (Å²) in [6, 6.07) is 16.5. The van der Waals surface area contributed by atoms with E-state index < -0.39 is 0 Å². The highest BCUT2D eigenvalue weighted by molar-refractivity contribution is 6.30. The van der Waals surface area contributed by atoms with E-state index >= 15 is 0 Å². The number of benzene rings is 2. The molecule has 0 aliphatic heterocycles. The molecule has 27 heavy (non-hydrogen) atoms. The van der Waals surface area contributed by atoms with E-state index in [4.69, 9.17) is 11.6 Å². The monoisotopic (exact) mass is 381 g/mol. The predicted molar refractivity (Wildman–Crippen MR) is 111 cm³/mol. The molecule has 3 aromatic rings. The van der Waals surface area contributed by atoms with E-state index in [0.717, 1.165) is 37.0 Å². The Morgan fingerprint density at radius 1 is 1.00 bits per heavy atom. The normalized spacial score (nSPS) is 11.4. The van der Waals surface area contributed by atoms with Crippen molar-refractivity contribution in [2.24, 2.45) is 4.99 Å². The number of guanidine groups is 1. The second-order valence-corrected chi connectivity index (χ2v) is 6.72. The van der Waals surface area contributed by atoms with Gasteiger partial charge in [-0.2, -0.15) is 0 Å². The van der Waals surface area contributed by atoms with Crippen molar-refractivity contribution in [1.29, 1.82) is 0 Å². The number of aliphatic imine (C=N–C) groups is 1. The number of hydrogen-bond acceptors (Lipinski definition) is 2. The predicted octanol–water partition coefficient (Wildman–Crippen LogP) is 3.49. The van der Waals surface area contributed by atoms with Crippen LogP contribution < -0.4 is 10.6 Å². The molecular weight excluding hydrogens is 358 g/mol. The van der Waals surface area contributed by atoms with Crippen LogP contribution >= 0.6 is 11.6 Å². The molecule has 1 aromatic heterocycles. The van der Waals surface area contributed by atoms with Gasteiger partial charge in [-0.25, -0.2) is 4.98 Å². The fourth-order valence-electron chi connectivity index (χ4n) is 2.74. The Bertz CT molecular complexity index is 839. The maximum atomic E-state index is 5.91. The van der Waals surface area contributed by atoms with Crippen molar-refractivity contribution in [3.05, 3.63) is 89.0 Å². The van der Waals surface area contributed by atoms with Crippen LogP contribution in [0.15, 0.2) is 72.2 Å². The first-order valence-corrected chi connectivity index (χ1v) is 9.33. The Hall–Kier alpha value is -2.79. The van der Waals surface area contributed by atoms with Crippen LogP contribution in [-0.4, -0.2) is 29.1 Å². The third-order valence-electron chi connectivity index (χ3n) is 4.25. The van der Waals surface area contributed by atoms with Gasteiger partial charge in [-0.15, -0.1) is 0 Å². The Morgan fingerprint density at radius 2 is 1.70 bits per heavy atom. The van der Waals surface area contributed by atoms with Gasteiger partial charge in [-0.05, 0) is 35.2 Å². The largest absolute Gasteiger partial charge is 0.356 e. The molecule has 3 rings (SSSR count). The minimum absolute atomic E-state index is 0.728. The van der Waals surface area contributed by atoms with E-state index in [1.54, 1.807) is 13.2 Å². The fourth-order valence-corrected chi connectivity index (χ4v) is 2.86. The smallest absolute Gasteiger partial charge is 0.191 e. The summed E-state index contributed by atoms with van der Waals surface area (Å²) in [7, 11) is 1.78. The van der Waals surface area contributed by atoms with E-state index in [1.807, 2.05) is 36.8 Å². The molecule has 2 N–H and O–H groups in total. The van der Waals surface area contributed by atoms with Crippen LogP contribution in [0.25, 0.3) is 0 Å². The third-order valence-corrected chi connectivity index (χ3v) is 4.50. The second-order valence-electron chi connectivity index (χ2n) is 6.28. The molecule has 1 heterocycles. The van der Waals surface area contributed by atoms with Gasteiger partial charge in [-0.1, -0.05) is 48.0 Å². The average Bonchev–Trinajstić information content (AvgIpc) is 3.20. The molecular formula is C21H24ClN5. The van der Waals surface area contributed by atoms with Crippen LogP contribution in [0.4, 0.5) is 0 Å². The van der Waals surface area contributed by atoms with Gasteiger partial charge >= 0.3 is 0 Å². The summed E-state index contributed by atoms with van der Waals surface area (Å²) in [5.41, 5.74) is 3.71. The molecule has 0 aliphatic rings. The lowest BCUT2D eigenvalue weighted by molar-refractivity contribution is 0.788. The van der Waals surface area contributed by atoms with Crippen LogP contribution in [-0.2, 0) is 19.5 Å². The van der Waals surface area contributed by atoms with E-state index in [0.29, 0.717) is 0 Å². The van der Waals surface area contributed by atoms with Crippen molar-refractivity contribution in [3.8, 4) is 0 Å². The summed E-state index contributed by atoms with van der Waals surface area (Å²) < 4.78 is 2.06. The molecule has 0 atom stereocenters. The summed E-state index contributed by atoms with van der Waals surface area (Å²) in [6.45, 7) is 2.37. The van der Waals surface area contributed by atoms with Crippen molar-refractivity contribution >= 4 is 17.6 Å². The molecule has 6 heteroatoms. The van der Waals surface area contributed by atoms with Crippen LogP contribution in [0.5, 0.6) is 0 Å². The Balaban J connectivity index is 1.42. The zero-order chi connectivity index (χ0) is 18.9. The topological polar surface area (TPSA) is 54.2 Å². The van der Waals surface area contributed by atoms with Gasteiger partial charge in [0.1, 0.15) is 0 Å². The van der Waals surface area contributed by atoms with Gasteiger partial charge < -0.3 is 15.2 Å². The summed E-state index contributed by atoms with van der Waals surface area (Å²) in [5.74, 6) is 0.798. The number of nitrogens with one attached hydrogen (secondary N) is 2. The Morgan fingerprint density at radius 3 is 2.37 bits per heavy atom. The summed E-state index contributed by atoms with van der Waals surface area (Å²) >= 11 is 5.91. The molecule has 0 saturated carbocycles. The summed E-state index contributed by atoms with van der Waals surface area (Å²) in [4.78, 5) is 8.35. The van der Waals surface area contributed by atoms with Crippen molar-refractivity contribution < 1.29 is 0 Å². The van der Waals surface area contributed by atoms with Gasteiger partial charge in [0.05, 0.1) is 6.33 Å². The van der Waals surface area contributed by atoms with Crippen LogP contribution in [0.2, 0.25) is 5.02 Å². The van der Waals surface area contributed by atoms with Gasteiger partial charge in [0.25, 0.3) is 0 Å². The summed E-state index contributed by atoms with van der Waals surface area (Å²) in [6.07, 6.45) is 6.51. The highest BCUT2D eigenvalue weighted by atomic mass is 35.5. The number of nitrogens with zero attached hydrogens (tertiary/aromatic N) is 3. The highest BCUT2D eigenvalue weighted by Crippen LogP contribution is 2.09. The van der Waals surface area contributed by atoms with Crippen LogP contribution in [0.3, 0.4) is 0 Å². The first-order valence-electron chi connectivity index (χ1n) is 8.95. The standard InChI is InChI=1S/C21H24ClN5/c1-23-21(25-11-10-17-6-8-20(22)9-7-17)26-14-18-2-4-19(5-3-18)15-27-13-12-24-16-27/h2-9,12-13,16H,10-11,14-15H2,1H3,(H2,23,25,26). The number of halogens is 1. The quantitative estimate of drug-likeness (QED) is 0.486. The molecule has 0 unspecified atom stereocenters. The molecule has 140 valence electrons. The molecule has 2 aromatic carbocycles. The maximum absolute atomic E-state index is 5.91. The highest BCUT2D eigenvalue weighted by Gasteiger charge is 2.00. The first-order chi connectivity index (χ1) is 13.2. The molecule has 0 aliphatic carbocycles. The van der Waals surface area contributed by atoms with Crippen LogP contribution in [0.1, 0.15) is 16.7 Å². The Labute approximate surface area is 165 Å². The van der Waals surface area contributed by atoms with Gasteiger partial charge in [-0.3, -0.25) is 4.99 Å². The van der Waals surface area contributed by atoms with Gasteiger partial charge in [0.15, 0.2) is 5.96 Å². The molecule has 0 saturated heterocycles. The van der Waals surface area contributed by atoms with E-state index in [1.165, 1.54) is 16.7 Å². The lowest BCUT2D eigenvalue weighted by Crippen LogP contribution is -2.37. The number of imidazole rings is 1. The minimum Gasteiger partial charge on any atom is -0.356 e. The molecule has 0 bridgehead atoms. The lowest BCUT2D eigenvalue weighted by Gasteiger charge is -2.12. The minimum atomic E-state index is 0.728. The van der Waals surface area contributed by atoms with Gasteiger partial charge in [0, 0.05) is 44.1 Å². The number of rotatable bonds is 7. The average molecular weight is 382 g/mol. The third kappa shape index (κ3) is 6.15. The van der Waals surface area contributed by atoms with E-state index in [2.05, 4.69) is 49.4 Å². The zero-order valence-electron chi connectivity index (χ0n) is 15.4. The zero-order valence-corrected chi connectivity index (χ0v) is 16.2. The van der Waals surface area contributed by atoms with Crippen molar-refractivity contribution in [1.82, 2.24) is 20.2 Å². The van der Waals surface area contributed by atoms with Crippen molar-refractivity contribution in [2.45, 2.75) is 19.5 Å². The van der Waals surface area contributed by atoms with Gasteiger partial charge in [0.2, 0.25) is 0 Å². The fraction of sp³-hybridized carbons (Fsp3) is 0.238. The summed E-state index contributed by atoms with van der Waals surface area (Å²) in [5, 5.41) is 7.45. The molecule has 0 spiro atoms. The van der Waals surface area contributed by atoms with E-state index in [-0.39, 0.29) is 0 Å². The lowest BCUT2D eigenvalue weighted by atomic mass is 10.1. The first kappa shape index (κ1) is 19.0. The van der Waals surface area contributed by atoms with E-state index in [9.17, 15) is 0 Å². The Kier molecular flexibility index (Phi) is 6.88. The number of aromatic nitrogens is 2. The number of hydrogen-bond donors (Lipinski definition) is 2.